The summed E-state index contributed by atoms with van der Waals surface area (Å²) in [5, 5.41) is 16.9. The molecule has 1 aromatic carbocycles. The van der Waals surface area contributed by atoms with Crippen LogP contribution in [0, 0.1) is 23.3 Å². The molecule has 0 fully saturated rings. The van der Waals surface area contributed by atoms with Gasteiger partial charge >= 0.3 is 0 Å². The van der Waals surface area contributed by atoms with Crippen molar-refractivity contribution in [2.45, 2.75) is 13.2 Å². The van der Waals surface area contributed by atoms with Crippen molar-refractivity contribution < 1.29 is 53.7 Å². The Bertz CT molecular complexity index is 652. The third kappa shape index (κ3) is 11.3. The van der Waals surface area contributed by atoms with Crippen LogP contribution < -0.4 is 0 Å². The predicted octanol–water partition coefficient (Wildman–Crippen LogP) is 0.236. The summed E-state index contributed by atoms with van der Waals surface area (Å²) in [5.74, 6) is -6.74. The first-order chi connectivity index (χ1) is 10.5. The predicted molar refractivity (Wildman–Crippen MR) is 73.1 cm³/mol. The molecule has 0 aliphatic carbocycles. The summed E-state index contributed by atoms with van der Waals surface area (Å²) in [7, 11) is -7.33. The molecule has 0 aliphatic rings. The van der Waals surface area contributed by atoms with E-state index in [4.69, 9.17) is 19.3 Å². The molecular formula is C10H14F4O8S2. The van der Waals surface area contributed by atoms with Crippen molar-refractivity contribution in [3.05, 3.63) is 34.4 Å². The summed E-state index contributed by atoms with van der Waals surface area (Å²) in [4.78, 5) is 0. The smallest absolute Gasteiger partial charge is 0.261 e. The number of rotatable bonds is 2. The van der Waals surface area contributed by atoms with Crippen LogP contribution in [0.1, 0.15) is 11.1 Å². The molecule has 8 nitrogen and oxygen atoms in total. The topological polar surface area (TPSA) is 149 Å². The molecular weight excluding hydrogens is 388 g/mol. The molecule has 0 aromatic heterocycles. The van der Waals surface area contributed by atoms with Crippen LogP contribution in [-0.4, -0.2) is 48.7 Å². The maximum Gasteiger partial charge on any atom is 0.261 e. The number of aliphatic hydroxyl groups is 2. The molecule has 4 N–H and O–H groups in total. The zero-order valence-corrected chi connectivity index (χ0v) is 13.8. The van der Waals surface area contributed by atoms with Crippen LogP contribution in [0.25, 0.3) is 0 Å². The van der Waals surface area contributed by atoms with E-state index in [0.29, 0.717) is 12.5 Å². The fourth-order valence-corrected chi connectivity index (χ4v) is 1.00. The molecule has 0 radical (unpaired) electrons. The Balaban J connectivity index is 0. The van der Waals surface area contributed by atoms with Crippen molar-refractivity contribution in [2.24, 2.45) is 0 Å². The molecule has 0 unspecified atom stereocenters. The van der Waals surface area contributed by atoms with E-state index in [-0.39, 0.29) is 0 Å². The molecule has 0 spiro atoms. The highest BCUT2D eigenvalue weighted by atomic mass is 32.2. The van der Waals surface area contributed by atoms with Crippen LogP contribution in [-0.2, 0) is 33.5 Å². The van der Waals surface area contributed by atoms with E-state index in [1.54, 1.807) is 0 Å². The molecule has 0 bridgehead atoms. The van der Waals surface area contributed by atoms with Gasteiger partial charge in [-0.15, -0.1) is 0 Å². The standard InChI is InChI=1S/C8H6F4O2.2CH4O3S/c9-5-3(1-13)6(10)8(12)4(2-14)7(5)11;2*1-5(2,3)4/h13-14H,1-2H2;2*1H3,(H,2,3,4). The summed E-state index contributed by atoms with van der Waals surface area (Å²) < 4.78 is 103. The third-order valence-corrected chi connectivity index (χ3v) is 1.76. The van der Waals surface area contributed by atoms with Crippen molar-refractivity contribution in [2.75, 3.05) is 12.5 Å². The zero-order valence-electron chi connectivity index (χ0n) is 12.2. The van der Waals surface area contributed by atoms with E-state index in [0.717, 1.165) is 0 Å². The van der Waals surface area contributed by atoms with Gasteiger partial charge in [0.05, 0.1) is 36.9 Å². The van der Waals surface area contributed by atoms with Gasteiger partial charge in [0.1, 0.15) is 0 Å². The van der Waals surface area contributed by atoms with Gasteiger partial charge in [0, 0.05) is 0 Å². The van der Waals surface area contributed by atoms with E-state index in [2.05, 4.69) is 0 Å². The van der Waals surface area contributed by atoms with Gasteiger partial charge in [-0.2, -0.15) is 16.8 Å². The second kappa shape index (κ2) is 9.85. The van der Waals surface area contributed by atoms with Crippen LogP contribution in [0.5, 0.6) is 0 Å². The van der Waals surface area contributed by atoms with Crippen molar-refractivity contribution in [3.63, 3.8) is 0 Å². The van der Waals surface area contributed by atoms with Gasteiger partial charge in [0.25, 0.3) is 20.2 Å². The summed E-state index contributed by atoms with van der Waals surface area (Å²) in [6.07, 6.45) is 1.43. The summed E-state index contributed by atoms with van der Waals surface area (Å²) in [5.41, 5.74) is -2.17. The molecule has 0 saturated carbocycles. The van der Waals surface area contributed by atoms with E-state index in [1.807, 2.05) is 0 Å². The number of hydrogen-bond acceptors (Lipinski definition) is 6. The van der Waals surface area contributed by atoms with Crippen molar-refractivity contribution in [1.82, 2.24) is 0 Å². The second-order valence-corrected chi connectivity index (χ2v) is 6.93. The van der Waals surface area contributed by atoms with E-state index in [9.17, 15) is 34.4 Å². The highest BCUT2D eigenvalue weighted by molar-refractivity contribution is 7.85. The molecule has 142 valence electrons. The Morgan fingerprint density at radius 2 is 0.792 bits per heavy atom. The fraction of sp³-hybridized carbons (Fsp3) is 0.400. The van der Waals surface area contributed by atoms with Gasteiger partial charge in [-0.05, 0) is 0 Å². The first-order valence-corrected chi connectivity index (χ1v) is 9.14. The van der Waals surface area contributed by atoms with Gasteiger partial charge in [0.15, 0.2) is 23.3 Å². The number of benzene rings is 1. The Labute approximate surface area is 134 Å². The summed E-state index contributed by atoms with van der Waals surface area (Å²) in [6.45, 7) is -2.31. The number of aliphatic hydroxyl groups excluding tert-OH is 2. The SMILES string of the molecule is CS(=O)(=O)O.CS(=O)(=O)O.OCc1c(F)c(F)c(CO)c(F)c1F. The van der Waals surface area contributed by atoms with Crippen LogP contribution >= 0.6 is 0 Å². The van der Waals surface area contributed by atoms with E-state index in [1.165, 1.54) is 0 Å². The highest BCUT2D eigenvalue weighted by Crippen LogP contribution is 2.23. The van der Waals surface area contributed by atoms with E-state index < -0.39 is 67.8 Å². The number of halogens is 4. The lowest BCUT2D eigenvalue weighted by Gasteiger charge is -2.08. The highest BCUT2D eigenvalue weighted by Gasteiger charge is 2.23. The molecule has 0 aliphatic heterocycles. The average Bonchev–Trinajstić information content (AvgIpc) is 2.34. The van der Waals surface area contributed by atoms with Gasteiger partial charge < -0.3 is 10.2 Å². The molecule has 0 atom stereocenters. The minimum atomic E-state index is -3.67. The molecule has 14 heteroatoms. The quantitative estimate of drug-likeness (QED) is 0.312. The van der Waals surface area contributed by atoms with Crippen LogP contribution in [0.2, 0.25) is 0 Å². The summed E-state index contributed by atoms with van der Waals surface area (Å²) >= 11 is 0. The van der Waals surface area contributed by atoms with E-state index >= 15 is 0 Å². The lowest BCUT2D eigenvalue weighted by atomic mass is 10.1. The first-order valence-electron chi connectivity index (χ1n) is 5.44. The van der Waals surface area contributed by atoms with Crippen molar-refractivity contribution >= 4 is 20.2 Å². The van der Waals surface area contributed by atoms with Gasteiger partial charge in [0.2, 0.25) is 0 Å². The molecule has 0 amide bonds. The summed E-state index contributed by atoms with van der Waals surface area (Å²) in [6, 6.07) is 0. The second-order valence-electron chi connectivity index (χ2n) is 4.00. The van der Waals surface area contributed by atoms with Gasteiger partial charge in [-0.25, -0.2) is 17.6 Å². The lowest BCUT2D eigenvalue weighted by Crippen LogP contribution is -2.08. The maximum atomic E-state index is 12.8. The Hall–Kier alpha value is -1.32. The van der Waals surface area contributed by atoms with Crippen molar-refractivity contribution in [1.29, 1.82) is 0 Å². The first kappa shape index (κ1) is 24.9. The monoisotopic (exact) mass is 402 g/mol. The Morgan fingerprint density at radius 3 is 0.875 bits per heavy atom. The number of hydrogen-bond donors (Lipinski definition) is 4. The average molecular weight is 402 g/mol. The molecule has 24 heavy (non-hydrogen) atoms. The van der Waals surface area contributed by atoms with Gasteiger partial charge in [-0.3, -0.25) is 9.11 Å². The Morgan fingerprint density at radius 1 is 0.667 bits per heavy atom. The maximum absolute atomic E-state index is 12.8. The van der Waals surface area contributed by atoms with Crippen LogP contribution in [0.3, 0.4) is 0 Å². The molecule has 1 rings (SSSR count). The molecule has 1 aromatic rings. The zero-order chi connectivity index (χ0) is 19.9. The molecule has 0 saturated heterocycles. The minimum Gasteiger partial charge on any atom is -0.391 e. The van der Waals surface area contributed by atoms with Gasteiger partial charge in [-0.1, -0.05) is 0 Å². The fourth-order valence-electron chi connectivity index (χ4n) is 1.00. The Kier molecular flexibility index (Phi) is 10.2. The van der Waals surface area contributed by atoms with Crippen molar-refractivity contribution in [3.8, 4) is 0 Å². The lowest BCUT2D eigenvalue weighted by molar-refractivity contribution is 0.247. The largest absolute Gasteiger partial charge is 0.391 e. The van der Waals surface area contributed by atoms with Crippen LogP contribution in [0.4, 0.5) is 17.6 Å². The minimum absolute atomic E-state index is 0.715. The van der Waals surface area contributed by atoms with Crippen LogP contribution in [0.15, 0.2) is 0 Å². The third-order valence-electron chi connectivity index (χ3n) is 1.76. The molecule has 0 heterocycles. The normalized spacial score (nSPS) is 11.1.